The zero-order valence-electron chi connectivity index (χ0n) is 11.0. The highest BCUT2D eigenvalue weighted by molar-refractivity contribution is 7.98. The molecule has 104 valence electrons. The maximum Gasteiger partial charge on any atom is 0.315 e. The molecule has 0 aliphatic heterocycles. The van der Waals surface area contributed by atoms with Gasteiger partial charge in [-0.05, 0) is 25.5 Å². The van der Waals surface area contributed by atoms with Crippen LogP contribution in [0.15, 0.2) is 0 Å². The average Bonchev–Trinajstić information content (AvgIpc) is 2.26. The molecule has 18 heavy (non-hydrogen) atoms. The van der Waals surface area contributed by atoms with Crippen LogP contribution >= 0.6 is 11.8 Å². The first-order chi connectivity index (χ1) is 8.54. The van der Waals surface area contributed by atoms with E-state index in [0.29, 0.717) is 12.8 Å². The molecule has 1 saturated carbocycles. The van der Waals surface area contributed by atoms with Gasteiger partial charge in [-0.1, -0.05) is 13.3 Å². The van der Waals surface area contributed by atoms with E-state index < -0.39 is 11.4 Å². The van der Waals surface area contributed by atoms with Gasteiger partial charge >= 0.3 is 12.0 Å². The van der Waals surface area contributed by atoms with Crippen LogP contribution in [0.3, 0.4) is 0 Å². The summed E-state index contributed by atoms with van der Waals surface area (Å²) in [5.41, 5.74) is -0.724. The standard InChI is InChI=1S/C12H22N2O3S/c1-3-9(7-18-2)14-11(17)13-8-12(10(15)16)5-4-6-12/h9H,3-8H2,1-2H3,(H,15,16)(H2,13,14,17). The number of carboxylic acid groups (broad SMARTS) is 1. The molecular weight excluding hydrogens is 252 g/mol. The third kappa shape index (κ3) is 3.80. The molecule has 0 spiro atoms. The highest BCUT2D eigenvalue weighted by atomic mass is 32.2. The lowest BCUT2D eigenvalue weighted by atomic mass is 9.69. The predicted octanol–water partition coefficient (Wildman–Crippen LogP) is 1.68. The number of nitrogens with one attached hydrogen (secondary N) is 2. The Kier molecular flexibility index (Phi) is 5.78. The number of carbonyl (C=O) groups is 2. The third-order valence-corrected chi connectivity index (χ3v) is 4.28. The molecule has 1 fully saturated rings. The van der Waals surface area contributed by atoms with Crippen LogP contribution in [0.1, 0.15) is 32.6 Å². The summed E-state index contributed by atoms with van der Waals surface area (Å²) < 4.78 is 0. The van der Waals surface area contributed by atoms with Gasteiger partial charge in [-0.15, -0.1) is 0 Å². The van der Waals surface area contributed by atoms with E-state index in [-0.39, 0.29) is 18.6 Å². The van der Waals surface area contributed by atoms with Crippen molar-refractivity contribution in [3.8, 4) is 0 Å². The molecule has 6 heteroatoms. The van der Waals surface area contributed by atoms with Crippen LogP contribution in [0.4, 0.5) is 4.79 Å². The summed E-state index contributed by atoms with van der Waals surface area (Å²) in [5.74, 6) is 0.0683. The molecule has 3 N–H and O–H groups in total. The van der Waals surface area contributed by atoms with Gasteiger partial charge in [0.25, 0.3) is 0 Å². The Hall–Kier alpha value is -0.910. The van der Waals surface area contributed by atoms with Gasteiger partial charge in [0.05, 0.1) is 5.41 Å². The van der Waals surface area contributed by atoms with E-state index in [1.54, 1.807) is 11.8 Å². The topological polar surface area (TPSA) is 78.4 Å². The van der Waals surface area contributed by atoms with Crippen molar-refractivity contribution in [1.82, 2.24) is 10.6 Å². The Bertz CT molecular complexity index is 306. The van der Waals surface area contributed by atoms with E-state index in [1.165, 1.54) is 0 Å². The number of hydrogen-bond acceptors (Lipinski definition) is 3. The van der Waals surface area contributed by atoms with Crippen molar-refractivity contribution in [1.29, 1.82) is 0 Å². The molecular formula is C12H22N2O3S. The molecule has 0 heterocycles. The Morgan fingerprint density at radius 2 is 2.11 bits per heavy atom. The van der Waals surface area contributed by atoms with Gasteiger partial charge in [-0.2, -0.15) is 11.8 Å². The number of thioether (sulfide) groups is 1. The number of carboxylic acids is 1. The summed E-state index contributed by atoms with van der Waals surface area (Å²) in [6, 6.07) is -0.120. The molecule has 0 aromatic carbocycles. The Labute approximate surface area is 112 Å². The summed E-state index contributed by atoms with van der Waals surface area (Å²) in [7, 11) is 0. The van der Waals surface area contributed by atoms with Crippen LogP contribution in [0.2, 0.25) is 0 Å². The Morgan fingerprint density at radius 3 is 2.50 bits per heavy atom. The van der Waals surface area contributed by atoms with Gasteiger partial charge in [0.2, 0.25) is 0 Å². The Balaban J connectivity index is 2.34. The van der Waals surface area contributed by atoms with Gasteiger partial charge in [0.15, 0.2) is 0 Å². The lowest BCUT2D eigenvalue weighted by molar-refractivity contribution is -0.153. The smallest absolute Gasteiger partial charge is 0.315 e. The molecule has 1 unspecified atom stereocenters. The number of carbonyl (C=O) groups excluding carboxylic acids is 1. The van der Waals surface area contributed by atoms with Crippen LogP contribution in [0.5, 0.6) is 0 Å². The summed E-state index contributed by atoms with van der Waals surface area (Å²) in [5, 5.41) is 14.7. The lowest BCUT2D eigenvalue weighted by Crippen LogP contribution is -2.51. The molecule has 1 aliphatic rings. The average molecular weight is 274 g/mol. The summed E-state index contributed by atoms with van der Waals surface area (Å²) in [6.45, 7) is 2.25. The maximum absolute atomic E-state index is 11.7. The van der Waals surface area contributed by atoms with E-state index in [0.717, 1.165) is 18.6 Å². The van der Waals surface area contributed by atoms with Crippen molar-refractivity contribution in [3.63, 3.8) is 0 Å². The normalized spacial score (nSPS) is 18.6. The van der Waals surface area contributed by atoms with Crippen molar-refractivity contribution in [3.05, 3.63) is 0 Å². The zero-order chi connectivity index (χ0) is 13.6. The molecule has 0 aromatic heterocycles. The second-order valence-electron chi connectivity index (χ2n) is 4.83. The molecule has 0 aromatic rings. The minimum Gasteiger partial charge on any atom is -0.481 e. The minimum absolute atomic E-state index is 0.141. The molecule has 1 atom stereocenters. The van der Waals surface area contributed by atoms with E-state index in [1.807, 2.05) is 13.2 Å². The second-order valence-corrected chi connectivity index (χ2v) is 5.74. The van der Waals surface area contributed by atoms with Crippen LogP contribution in [-0.4, -0.2) is 41.7 Å². The number of hydrogen-bond donors (Lipinski definition) is 3. The van der Waals surface area contributed by atoms with Gasteiger partial charge in [-0.3, -0.25) is 4.79 Å². The van der Waals surface area contributed by atoms with Crippen LogP contribution in [0, 0.1) is 5.41 Å². The van der Waals surface area contributed by atoms with Gasteiger partial charge in [-0.25, -0.2) is 4.79 Å². The van der Waals surface area contributed by atoms with Crippen LogP contribution < -0.4 is 10.6 Å². The fourth-order valence-electron chi connectivity index (χ4n) is 2.02. The monoisotopic (exact) mass is 274 g/mol. The quantitative estimate of drug-likeness (QED) is 0.660. The van der Waals surface area contributed by atoms with Crippen molar-refractivity contribution >= 4 is 23.8 Å². The van der Waals surface area contributed by atoms with Gasteiger partial charge in [0, 0.05) is 18.3 Å². The first-order valence-electron chi connectivity index (χ1n) is 6.31. The lowest BCUT2D eigenvalue weighted by Gasteiger charge is -2.37. The molecule has 0 saturated heterocycles. The molecule has 5 nitrogen and oxygen atoms in total. The number of aliphatic carboxylic acids is 1. The molecule has 0 radical (unpaired) electrons. The van der Waals surface area contributed by atoms with E-state index in [9.17, 15) is 9.59 Å². The second kappa shape index (κ2) is 6.87. The SMILES string of the molecule is CCC(CSC)NC(=O)NCC1(C(=O)O)CCC1. The van der Waals surface area contributed by atoms with E-state index in [4.69, 9.17) is 5.11 Å². The number of rotatable bonds is 7. The fourth-order valence-corrected chi connectivity index (χ4v) is 2.74. The highest BCUT2D eigenvalue weighted by Crippen LogP contribution is 2.40. The number of amides is 2. The molecule has 0 bridgehead atoms. The summed E-state index contributed by atoms with van der Waals surface area (Å²) in [6.07, 6.45) is 5.11. The third-order valence-electron chi connectivity index (χ3n) is 3.55. The van der Waals surface area contributed by atoms with Crippen molar-refractivity contribution in [2.75, 3.05) is 18.6 Å². The van der Waals surface area contributed by atoms with E-state index in [2.05, 4.69) is 10.6 Å². The zero-order valence-corrected chi connectivity index (χ0v) is 11.8. The maximum atomic E-state index is 11.7. The Morgan fingerprint density at radius 1 is 1.44 bits per heavy atom. The minimum atomic E-state index is -0.801. The molecule has 2 amide bonds. The number of urea groups is 1. The molecule has 1 aliphatic carbocycles. The van der Waals surface area contributed by atoms with Crippen LogP contribution in [-0.2, 0) is 4.79 Å². The largest absolute Gasteiger partial charge is 0.481 e. The first-order valence-corrected chi connectivity index (χ1v) is 7.70. The highest BCUT2D eigenvalue weighted by Gasteiger charge is 2.44. The summed E-state index contributed by atoms with van der Waals surface area (Å²) >= 11 is 1.68. The van der Waals surface area contributed by atoms with Crippen molar-refractivity contribution < 1.29 is 14.7 Å². The first kappa shape index (κ1) is 15.1. The summed E-state index contributed by atoms with van der Waals surface area (Å²) in [4.78, 5) is 22.8. The van der Waals surface area contributed by atoms with E-state index >= 15 is 0 Å². The predicted molar refractivity (Wildman–Crippen MR) is 72.9 cm³/mol. The van der Waals surface area contributed by atoms with Crippen molar-refractivity contribution in [2.24, 2.45) is 5.41 Å². The van der Waals surface area contributed by atoms with Crippen molar-refractivity contribution in [2.45, 2.75) is 38.6 Å². The molecule has 1 rings (SSSR count). The van der Waals surface area contributed by atoms with Gasteiger partial charge < -0.3 is 15.7 Å². The van der Waals surface area contributed by atoms with Crippen LogP contribution in [0.25, 0.3) is 0 Å². The fraction of sp³-hybridized carbons (Fsp3) is 0.833. The van der Waals surface area contributed by atoms with Gasteiger partial charge in [0.1, 0.15) is 0 Å².